The first-order chi connectivity index (χ1) is 10.8. The summed E-state index contributed by atoms with van der Waals surface area (Å²) in [6, 6.07) is 7.20. The van der Waals surface area contributed by atoms with Crippen molar-refractivity contribution in [2.45, 2.75) is 24.8 Å². The second-order valence-corrected chi connectivity index (χ2v) is 6.59. The molecule has 0 saturated carbocycles. The molecular weight excluding hydrogens is 320 g/mol. The van der Waals surface area contributed by atoms with E-state index in [1.807, 2.05) is 0 Å². The fourth-order valence-corrected chi connectivity index (χ4v) is 3.47. The van der Waals surface area contributed by atoms with Crippen molar-refractivity contribution in [3.05, 3.63) is 42.4 Å². The van der Waals surface area contributed by atoms with Crippen LogP contribution >= 0.6 is 0 Å². The number of methoxy groups -OCH3 is 1. The number of anilines is 1. The zero-order chi connectivity index (χ0) is 17.0. The van der Waals surface area contributed by atoms with Crippen molar-refractivity contribution in [3.8, 4) is 5.75 Å². The Hall–Kier alpha value is -2.32. The molecule has 0 radical (unpaired) electrons. The molecule has 1 aromatic heterocycles. The van der Waals surface area contributed by atoms with Crippen molar-refractivity contribution in [2.75, 3.05) is 12.4 Å². The number of furan rings is 1. The molecule has 2 N–H and O–H groups in total. The molecule has 1 heterocycles. The summed E-state index contributed by atoms with van der Waals surface area (Å²) in [5, 5.41) is 2.54. The van der Waals surface area contributed by atoms with E-state index >= 15 is 0 Å². The van der Waals surface area contributed by atoms with Gasteiger partial charge in [0.2, 0.25) is 15.9 Å². The number of sulfonamides is 1. The summed E-state index contributed by atoms with van der Waals surface area (Å²) in [5.41, 5.74) is 0.365. The number of hydrogen-bond donors (Lipinski definition) is 2. The summed E-state index contributed by atoms with van der Waals surface area (Å²) >= 11 is 0. The molecule has 0 aliphatic carbocycles. The Kier molecular flexibility index (Phi) is 5.07. The van der Waals surface area contributed by atoms with Crippen molar-refractivity contribution in [3.63, 3.8) is 0 Å². The number of amides is 1. The topological polar surface area (TPSA) is 97.6 Å². The summed E-state index contributed by atoms with van der Waals surface area (Å²) in [6.45, 7) is 3.01. The van der Waals surface area contributed by atoms with Gasteiger partial charge < -0.3 is 14.5 Å². The Labute approximate surface area is 134 Å². The molecule has 23 heavy (non-hydrogen) atoms. The first-order valence-corrected chi connectivity index (χ1v) is 8.33. The average molecular weight is 338 g/mol. The molecule has 124 valence electrons. The summed E-state index contributed by atoms with van der Waals surface area (Å²) in [5.74, 6) is 0.374. The molecule has 1 aromatic carbocycles. The van der Waals surface area contributed by atoms with Crippen LogP contribution in [0.25, 0.3) is 0 Å². The Balaban J connectivity index is 2.35. The van der Waals surface area contributed by atoms with Crippen LogP contribution in [0.3, 0.4) is 0 Å². The highest BCUT2D eigenvalue weighted by atomic mass is 32.2. The van der Waals surface area contributed by atoms with Gasteiger partial charge in [-0.1, -0.05) is 0 Å². The van der Waals surface area contributed by atoms with Gasteiger partial charge in [-0.25, -0.2) is 13.1 Å². The van der Waals surface area contributed by atoms with E-state index in [-0.39, 0.29) is 16.6 Å². The Morgan fingerprint density at radius 3 is 2.61 bits per heavy atom. The van der Waals surface area contributed by atoms with Crippen molar-refractivity contribution >= 4 is 21.6 Å². The molecule has 1 amide bonds. The summed E-state index contributed by atoms with van der Waals surface area (Å²) in [6.07, 6.45) is 1.47. The lowest BCUT2D eigenvalue weighted by Crippen LogP contribution is -2.27. The zero-order valence-electron chi connectivity index (χ0n) is 13.0. The Morgan fingerprint density at radius 1 is 1.30 bits per heavy atom. The predicted octanol–water partition coefficient (Wildman–Crippen LogP) is 2.29. The van der Waals surface area contributed by atoms with E-state index in [4.69, 9.17) is 9.15 Å². The molecule has 0 spiro atoms. The van der Waals surface area contributed by atoms with Crippen LogP contribution in [-0.4, -0.2) is 21.4 Å². The van der Waals surface area contributed by atoms with Crippen LogP contribution in [0.4, 0.5) is 5.69 Å². The predicted molar refractivity (Wildman–Crippen MR) is 84.7 cm³/mol. The fraction of sp³-hybridized carbons (Fsp3) is 0.267. The highest BCUT2D eigenvalue weighted by molar-refractivity contribution is 7.89. The van der Waals surface area contributed by atoms with Crippen molar-refractivity contribution in [2.24, 2.45) is 0 Å². The average Bonchev–Trinajstić information content (AvgIpc) is 3.00. The number of carbonyl (C=O) groups is 1. The molecule has 0 aliphatic rings. The molecule has 0 aliphatic heterocycles. The maximum atomic E-state index is 12.6. The maximum Gasteiger partial charge on any atom is 0.244 e. The van der Waals surface area contributed by atoms with E-state index in [0.29, 0.717) is 11.4 Å². The van der Waals surface area contributed by atoms with Crippen molar-refractivity contribution in [1.82, 2.24) is 4.72 Å². The van der Waals surface area contributed by atoms with Crippen LogP contribution in [0.15, 0.2) is 45.9 Å². The van der Waals surface area contributed by atoms with E-state index < -0.39 is 16.1 Å². The summed E-state index contributed by atoms with van der Waals surface area (Å²) in [4.78, 5) is 11.1. The van der Waals surface area contributed by atoms with Gasteiger partial charge in [-0.2, -0.15) is 0 Å². The molecule has 0 fully saturated rings. The Bertz CT molecular complexity index is 784. The molecule has 2 rings (SSSR count). The zero-order valence-corrected chi connectivity index (χ0v) is 13.8. The van der Waals surface area contributed by atoms with Crippen LogP contribution in [0.2, 0.25) is 0 Å². The van der Waals surface area contributed by atoms with Gasteiger partial charge in [0.15, 0.2) is 0 Å². The minimum atomic E-state index is -3.87. The van der Waals surface area contributed by atoms with Crippen molar-refractivity contribution < 1.29 is 22.4 Å². The SMILES string of the molecule is COc1ccc(NC(C)=O)cc1S(=O)(=O)N[C@H](C)c1ccco1. The van der Waals surface area contributed by atoms with E-state index in [2.05, 4.69) is 10.0 Å². The number of nitrogens with one attached hydrogen (secondary N) is 2. The molecule has 0 saturated heterocycles. The van der Waals surface area contributed by atoms with Gasteiger partial charge in [-0.05, 0) is 37.3 Å². The minimum Gasteiger partial charge on any atom is -0.495 e. The van der Waals surface area contributed by atoms with E-state index in [9.17, 15) is 13.2 Å². The van der Waals surface area contributed by atoms with Gasteiger partial charge in [0.05, 0.1) is 19.4 Å². The summed E-state index contributed by atoms with van der Waals surface area (Å²) in [7, 11) is -2.50. The molecule has 8 heteroatoms. The first-order valence-electron chi connectivity index (χ1n) is 6.85. The number of rotatable bonds is 6. The third-order valence-corrected chi connectivity index (χ3v) is 4.64. The molecule has 1 atom stereocenters. The van der Waals surface area contributed by atoms with Gasteiger partial charge in [0.25, 0.3) is 0 Å². The van der Waals surface area contributed by atoms with Gasteiger partial charge in [0, 0.05) is 12.6 Å². The number of ether oxygens (including phenoxy) is 1. The van der Waals surface area contributed by atoms with Crippen LogP contribution < -0.4 is 14.8 Å². The Morgan fingerprint density at radius 2 is 2.04 bits per heavy atom. The smallest absolute Gasteiger partial charge is 0.244 e. The molecule has 0 unspecified atom stereocenters. The lowest BCUT2D eigenvalue weighted by atomic mass is 10.3. The lowest BCUT2D eigenvalue weighted by Gasteiger charge is -2.15. The second-order valence-electron chi connectivity index (χ2n) is 4.91. The monoisotopic (exact) mass is 338 g/mol. The quantitative estimate of drug-likeness (QED) is 0.842. The molecular formula is C15H18N2O5S. The number of carbonyl (C=O) groups excluding carboxylic acids is 1. The normalized spacial score (nSPS) is 12.7. The number of hydrogen-bond acceptors (Lipinski definition) is 5. The van der Waals surface area contributed by atoms with Crippen LogP contribution in [-0.2, 0) is 14.8 Å². The fourth-order valence-electron chi connectivity index (χ4n) is 2.06. The number of benzene rings is 1. The molecule has 0 bridgehead atoms. The standard InChI is InChI=1S/C15H18N2O5S/c1-10(13-5-4-8-22-13)17-23(19,20)15-9-12(16-11(2)18)6-7-14(15)21-3/h4-10,17H,1-3H3,(H,16,18)/t10-/m1/s1. The van der Waals surface area contributed by atoms with E-state index in [0.717, 1.165) is 0 Å². The van der Waals surface area contributed by atoms with Gasteiger partial charge in [-0.15, -0.1) is 0 Å². The highest BCUT2D eigenvalue weighted by Gasteiger charge is 2.24. The third-order valence-electron chi connectivity index (χ3n) is 3.08. The third kappa shape index (κ3) is 4.11. The van der Waals surface area contributed by atoms with Gasteiger partial charge in [0.1, 0.15) is 16.4 Å². The largest absolute Gasteiger partial charge is 0.495 e. The van der Waals surface area contributed by atoms with Crippen LogP contribution in [0.1, 0.15) is 25.6 Å². The molecule has 7 nitrogen and oxygen atoms in total. The summed E-state index contributed by atoms with van der Waals surface area (Å²) < 4.78 is 38.0. The van der Waals surface area contributed by atoms with E-state index in [1.54, 1.807) is 25.1 Å². The molecule has 2 aromatic rings. The van der Waals surface area contributed by atoms with Crippen LogP contribution in [0.5, 0.6) is 5.75 Å². The second kappa shape index (κ2) is 6.84. The van der Waals surface area contributed by atoms with Crippen LogP contribution in [0, 0.1) is 0 Å². The van der Waals surface area contributed by atoms with E-state index in [1.165, 1.54) is 32.4 Å². The highest BCUT2D eigenvalue weighted by Crippen LogP contribution is 2.28. The van der Waals surface area contributed by atoms with Gasteiger partial charge >= 0.3 is 0 Å². The maximum absolute atomic E-state index is 12.6. The van der Waals surface area contributed by atoms with Gasteiger partial charge in [-0.3, -0.25) is 4.79 Å². The lowest BCUT2D eigenvalue weighted by molar-refractivity contribution is -0.114. The minimum absolute atomic E-state index is 0.0651. The first kappa shape index (κ1) is 17.0. The van der Waals surface area contributed by atoms with Crippen molar-refractivity contribution in [1.29, 1.82) is 0 Å².